The third kappa shape index (κ3) is 6.25. The van der Waals surface area contributed by atoms with E-state index in [9.17, 15) is 23.9 Å². The second kappa shape index (κ2) is 12.9. The molecule has 5 rings (SSSR count). The normalized spacial score (nSPS) is 24.9. The molecular formula is C31H37ClFN5O5S. The number of carbonyl (C=O) groups is 3. The molecule has 1 aromatic heterocycles. The molecule has 4 heterocycles. The van der Waals surface area contributed by atoms with Crippen molar-refractivity contribution in [1.29, 1.82) is 0 Å². The van der Waals surface area contributed by atoms with Crippen molar-refractivity contribution < 1.29 is 28.6 Å². The monoisotopic (exact) mass is 645 g/mol. The number of halogens is 2. The third-order valence-corrected chi connectivity index (χ3v) is 9.59. The number of amides is 2. The molecule has 2 saturated heterocycles. The lowest BCUT2D eigenvalue weighted by molar-refractivity contribution is -0.147. The molecule has 236 valence electrons. The number of aliphatic carboxylic acids is 1. The second-order valence-corrected chi connectivity index (χ2v) is 13.4. The zero-order valence-electron chi connectivity index (χ0n) is 25.3. The topological polar surface area (TPSA) is 116 Å². The number of hydrogen-bond donors (Lipinski definition) is 1. The van der Waals surface area contributed by atoms with E-state index in [0.717, 1.165) is 0 Å². The molecule has 0 aliphatic carbocycles. The van der Waals surface area contributed by atoms with E-state index in [-0.39, 0.29) is 36.3 Å². The van der Waals surface area contributed by atoms with Crippen LogP contribution in [0, 0.1) is 5.82 Å². The van der Waals surface area contributed by atoms with Gasteiger partial charge in [0.1, 0.15) is 22.9 Å². The highest BCUT2D eigenvalue weighted by Gasteiger charge is 2.51. The number of aliphatic imine (C=N–C) groups is 1. The number of benzene rings is 1. The van der Waals surface area contributed by atoms with Gasteiger partial charge in [0, 0.05) is 48.9 Å². The van der Waals surface area contributed by atoms with Crippen LogP contribution in [0.1, 0.15) is 63.6 Å². The number of carboxylic acids is 1. The van der Waals surface area contributed by atoms with Gasteiger partial charge in [-0.1, -0.05) is 23.7 Å². The van der Waals surface area contributed by atoms with Crippen molar-refractivity contribution in [1.82, 2.24) is 19.7 Å². The molecule has 2 fully saturated rings. The number of nitrogens with zero attached hydrogens (tertiary/aromatic N) is 5. The smallest absolute Gasteiger partial charge is 0.336 e. The summed E-state index contributed by atoms with van der Waals surface area (Å²) in [5.41, 5.74) is 1.40. The summed E-state index contributed by atoms with van der Waals surface area (Å²) in [6, 6.07) is 1.69. The lowest BCUT2D eigenvalue weighted by Gasteiger charge is -2.42. The van der Waals surface area contributed by atoms with E-state index in [4.69, 9.17) is 21.3 Å². The van der Waals surface area contributed by atoms with E-state index in [0.29, 0.717) is 54.2 Å². The molecule has 0 spiro atoms. The maximum Gasteiger partial charge on any atom is 0.336 e. The van der Waals surface area contributed by atoms with Crippen LogP contribution >= 0.6 is 22.9 Å². The van der Waals surface area contributed by atoms with E-state index in [1.54, 1.807) is 29.0 Å². The fourth-order valence-corrected chi connectivity index (χ4v) is 7.20. The minimum Gasteiger partial charge on any atom is -0.480 e. The van der Waals surface area contributed by atoms with E-state index in [2.05, 4.69) is 4.98 Å². The number of carboxylic acid groups (broad SMARTS) is 1. The summed E-state index contributed by atoms with van der Waals surface area (Å²) < 4.78 is 20.4. The molecule has 1 N–H and O–H groups in total. The van der Waals surface area contributed by atoms with Crippen molar-refractivity contribution >= 4 is 46.6 Å². The number of fused-ring (bicyclic) bond motifs is 1. The predicted octanol–water partition coefficient (Wildman–Crippen LogP) is 5.18. The molecule has 3 atom stereocenters. The molecule has 0 radical (unpaired) electrons. The van der Waals surface area contributed by atoms with Gasteiger partial charge in [-0.15, -0.1) is 11.3 Å². The number of ether oxygens (including phenoxy) is 1. The number of carbonyl (C=O) groups excluding carboxylic acids is 2. The molecule has 3 aliphatic rings. The number of piperazine rings is 1. The van der Waals surface area contributed by atoms with Crippen LogP contribution < -0.4 is 0 Å². The first-order chi connectivity index (χ1) is 20.9. The highest BCUT2D eigenvalue weighted by Crippen LogP contribution is 2.39. The van der Waals surface area contributed by atoms with Crippen molar-refractivity contribution in [3.05, 3.63) is 62.3 Å². The van der Waals surface area contributed by atoms with Crippen LogP contribution in [0.5, 0.6) is 0 Å². The van der Waals surface area contributed by atoms with Crippen LogP contribution in [0.25, 0.3) is 0 Å². The van der Waals surface area contributed by atoms with Gasteiger partial charge in [0.2, 0.25) is 0 Å². The van der Waals surface area contributed by atoms with E-state index in [1.807, 2.05) is 31.1 Å². The number of thiazole rings is 1. The Balaban J connectivity index is 1.61. The molecule has 2 amide bonds. The standard InChI is InChI=1S/C31H37ClFN5O5S/c1-5-43-29(41)23-18(16-36-13-14-37-22(26(36)28(39)40)17-38(30(37)42)31(2,3)4)8-6-11-21(27-34-12-15-44-27)35-25(23)19-9-7-10-20(33)24(19)32/h7,9-10,12,15,22,25-26H,5-6,8,11,13-14,16-17H2,1-4H3,(H,39,40)/b23-18-,35-21?/t22-,25+,26+/m1/s1. The average Bonchev–Trinajstić information content (AvgIpc) is 3.60. The molecule has 0 bridgehead atoms. The Kier molecular flexibility index (Phi) is 9.43. The van der Waals surface area contributed by atoms with Crippen LogP contribution in [0.15, 0.2) is 45.9 Å². The summed E-state index contributed by atoms with van der Waals surface area (Å²) in [5.74, 6) is -2.29. The van der Waals surface area contributed by atoms with Crippen LogP contribution in [-0.2, 0) is 14.3 Å². The molecule has 0 saturated carbocycles. The largest absolute Gasteiger partial charge is 0.480 e. The van der Waals surface area contributed by atoms with Crippen LogP contribution in [-0.4, -0.2) is 98.9 Å². The quantitative estimate of drug-likeness (QED) is 0.413. The number of urea groups is 1. The summed E-state index contributed by atoms with van der Waals surface area (Å²) >= 11 is 7.93. The minimum absolute atomic E-state index is 0.103. The molecule has 3 aliphatic heterocycles. The maximum atomic E-state index is 14.8. The number of esters is 1. The first-order valence-corrected chi connectivity index (χ1v) is 16.0. The number of hydrogen-bond acceptors (Lipinski definition) is 8. The highest BCUT2D eigenvalue weighted by atomic mass is 35.5. The SMILES string of the molecule is CCOC(=O)/C1=C(\CN2CCN3C(=O)N(C(C)(C)C)C[C@@H]3[C@H]2C(=O)O)CCCC(c2nccs2)=N[C@H]1c1cccc(F)c1Cl. The van der Waals surface area contributed by atoms with E-state index in [1.165, 1.54) is 23.5 Å². The van der Waals surface area contributed by atoms with Gasteiger partial charge in [0.25, 0.3) is 0 Å². The van der Waals surface area contributed by atoms with Gasteiger partial charge in [-0.3, -0.25) is 14.7 Å². The molecule has 0 unspecified atom stereocenters. The highest BCUT2D eigenvalue weighted by molar-refractivity contribution is 7.11. The Hall–Kier alpha value is -3.35. The van der Waals surface area contributed by atoms with Gasteiger partial charge in [0.05, 0.1) is 29.0 Å². The summed E-state index contributed by atoms with van der Waals surface area (Å²) in [6.07, 6.45) is 3.30. The van der Waals surface area contributed by atoms with Gasteiger partial charge in [-0.2, -0.15) is 0 Å². The lowest BCUT2D eigenvalue weighted by atomic mass is 9.89. The van der Waals surface area contributed by atoms with Crippen molar-refractivity contribution in [3.8, 4) is 0 Å². The van der Waals surface area contributed by atoms with Crippen LogP contribution in [0.4, 0.5) is 9.18 Å². The Morgan fingerprint density at radius 1 is 1.23 bits per heavy atom. The second-order valence-electron chi connectivity index (χ2n) is 12.1. The molecule has 2 aromatic rings. The molecule has 44 heavy (non-hydrogen) atoms. The third-order valence-electron chi connectivity index (χ3n) is 8.37. The Morgan fingerprint density at radius 3 is 2.66 bits per heavy atom. The predicted molar refractivity (Wildman–Crippen MR) is 166 cm³/mol. The van der Waals surface area contributed by atoms with Gasteiger partial charge in [-0.25, -0.2) is 19.0 Å². The van der Waals surface area contributed by atoms with Crippen LogP contribution in [0.2, 0.25) is 5.02 Å². The van der Waals surface area contributed by atoms with Crippen molar-refractivity contribution in [2.24, 2.45) is 4.99 Å². The molecule has 1 aromatic carbocycles. The van der Waals surface area contributed by atoms with Crippen molar-refractivity contribution in [2.75, 3.05) is 32.8 Å². The Bertz CT molecular complexity index is 1490. The zero-order chi connectivity index (χ0) is 31.8. The van der Waals surface area contributed by atoms with Gasteiger partial charge in [0.15, 0.2) is 0 Å². The number of aromatic nitrogens is 1. The van der Waals surface area contributed by atoms with E-state index >= 15 is 0 Å². The first kappa shape index (κ1) is 32.1. The average molecular weight is 646 g/mol. The summed E-state index contributed by atoms with van der Waals surface area (Å²) in [6.45, 7) is 8.68. The molecule has 10 nitrogen and oxygen atoms in total. The summed E-state index contributed by atoms with van der Waals surface area (Å²) in [7, 11) is 0. The fraction of sp³-hybridized carbons (Fsp3) is 0.516. The van der Waals surface area contributed by atoms with E-state index < -0.39 is 41.4 Å². The Labute approximate surface area is 265 Å². The van der Waals surface area contributed by atoms with Gasteiger partial charge < -0.3 is 19.6 Å². The summed E-state index contributed by atoms with van der Waals surface area (Å²) in [5, 5.41) is 12.9. The lowest BCUT2D eigenvalue weighted by Crippen LogP contribution is -2.62. The van der Waals surface area contributed by atoms with Crippen molar-refractivity contribution in [2.45, 2.75) is 70.6 Å². The maximum absolute atomic E-state index is 14.8. The zero-order valence-corrected chi connectivity index (χ0v) is 26.8. The van der Waals surface area contributed by atoms with Crippen LogP contribution in [0.3, 0.4) is 0 Å². The molecule has 13 heteroatoms. The summed E-state index contributed by atoms with van der Waals surface area (Å²) in [4.78, 5) is 54.5. The fourth-order valence-electron chi connectivity index (χ4n) is 6.31. The minimum atomic E-state index is -1.04. The van der Waals surface area contributed by atoms with Gasteiger partial charge >= 0.3 is 18.0 Å². The molecular weight excluding hydrogens is 609 g/mol. The Morgan fingerprint density at radius 2 is 2.00 bits per heavy atom. The first-order valence-electron chi connectivity index (χ1n) is 14.8. The van der Waals surface area contributed by atoms with Gasteiger partial charge in [-0.05, 0) is 58.6 Å². The number of rotatable bonds is 7. The van der Waals surface area contributed by atoms with Crippen molar-refractivity contribution in [3.63, 3.8) is 0 Å².